The Hall–Kier alpha value is -0.0800. The van der Waals surface area contributed by atoms with Gasteiger partial charge in [-0.05, 0) is 19.3 Å². The number of rotatable bonds is 28. The Kier molecular flexibility index (Phi) is 28.9. The fraction of sp³-hybridized carbons (Fsp3) is 1.00. The van der Waals surface area contributed by atoms with Gasteiger partial charge in [-0.3, -0.25) is 0 Å². The van der Waals surface area contributed by atoms with Crippen LogP contribution in [0.15, 0.2) is 0 Å². The van der Waals surface area contributed by atoms with E-state index in [1.54, 1.807) is 0 Å². The molecule has 0 fully saturated rings. The average molecular weight is 455 g/mol. The van der Waals surface area contributed by atoms with E-state index in [9.17, 15) is 0 Å². The van der Waals surface area contributed by atoms with Crippen LogP contribution in [0.5, 0.6) is 0 Å². The Morgan fingerprint density at radius 1 is 0.406 bits per heavy atom. The van der Waals surface area contributed by atoms with E-state index >= 15 is 0 Å². The summed E-state index contributed by atoms with van der Waals surface area (Å²) in [6, 6.07) is 0. The van der Waals surface area contributed by atoms with Crippen molar-refractivity contribution in [1.29, 1.82) is 0 Å². The van der Waals surface area contributed by atoms with Gasteiger partial charge in [0, 0.05) is 13.2 Å². The third-order valence-corrected chi connectivity index (χ3v) is 6.68. The third kappa shape index (κ3) is 26.2. The van der Waals surface area contributed by atoms with E-state index in [1.807, 2.05) is 0 Å². The minimum absolute atomic E-state index is 0.316. The van der Waals surface area contributed by atoms with Crippen LogP contribution < -0.4 is 0 Å². The van der Waals surface area contributed by atoms with Crippen molar-refractivity contribution in [2.75, 3.05) is 19.8 Å². The summed E-state index contributed by atoms with van der Waals surface area (Å²) in [5.74, 6) is 0. The van der Waals surface area contributed by atoms with Gasteiger partial charge in [0.15, 0.2) is 0 Å². The predicted molar refractivity (Wildman–Crippen MR) is 144 cm³/mol. The molecule has 0 saturated carbocycles. The van der Waals surface area contributed by atoms with Crippen LogP contribution in [0.1, 0.15) is 168 Å². The van der Waals surface area contributed by atoms with Crippen molar-refractivity contribution in [3.05, 3.63) is 0 Å². The number of hydrogen-bond acceptors (Lipinski definition) is 2. The van der Waals surface area contributed by atoms with Crippen molar-refractivity contribution >= 4 is 0 Å². The highest BCUT2D eigenvalue weighted by atomic mass is 16.5. The van der Waals surface area contributed by atoms with Gasteiger partial charge in [0.25, 0.3) is 0 Å². The van der Waals surface area contributed by atoms with Crippen molar-refractivity contribution in [2.24, 2.45) is 0 Å². The molecule has 0 N–H and O–H groups in total. The van der Waals surface area contributed by atoms with Crippen LogP contribution >= 0.6 is 0 Å². The summed E-state index contributed by atoms with van der Waals surface area (Å²) < 4.78 is 12.2. The smallest absolute Gasteiger partial charge is 0.0808 e. The minimum atomic E-state index is 0.316. The fourth-order valence-corrected chi connectivity index (χ4v) is 4.39. The molecule has 0 heterocycles. The van der Waals surface area contributed by atoms with Crippen LogP contribution in [0.3, 0.4) is 0 Å². The monoisotopic (exact) mass is 454 g/mol. The first kappa shape index (κ1) is 31.9. The van der Waals surface area contributed by atoms with Crippen LogP contribution in [0.2, 0.25) is 0 Å². The molecule has 194 valence electrons. The van der Waals surface area contributed by atoms with E-state index in [0.717, 1.165) is 26.2 Å². The van der Waals surface area contributed by atoms with E-state index < -0.39 is 0 Å². The highest BCUT2D eigenvalue weighted by Gasteiger charge is 2.09. The van der Waals surface area contributed by atoms with Crippen LogP contribution in [0.4, 0.5) is 0 Å². The minimum Gasteiger partial charge on any atom is -0.379 e. The highest BCUT2D eigenvalue weighted by Crippen LogP contribution is 2.13. The lowest BCUT2D eigenvalue weighted by molar-refractivity contribution is -0.0233. The Bertz CT molecular complexity index is 318. The van der Waals surface area contributed by atoms with Crippen molar-refractivity contribution in [3.63, 3.8) is 0 Å². The average Bonchev–Trinajstić information content (AvgIpc) is 2.81. The summed E-state index contributed by atoms with van der Waals surface area (Å²) in [4.78, 5) is 0. The van der Waals surface area contributed by atoms with Crippen molar-refractivity contribution < 1.29 is 9.47 Å². The summed E-state index contributed by atoms with van der Waals surface area (Å²) in [5.41, 5.74) is 0. The summed E-state index contributed by atoms with van der Waals surface area (Å²) in [6.45, 7) is 9.49. The van der Waals surface area contributed by atoms with Gasteiger partial charge in [0.1, 0.15) is 0 Å². The van der Waals surface area contributed by atoms with Crippen molar-refractivity contribution in [3.8, 4) is 0 Å². The Labute approximate surface area is 204 Å². The van der Waals surface area contributed by atoms with Crippen molar-refractivity contribution in [2.45, 2.75) is 175 Å². The molecule has 0 aromatic carbocycles. The lowest BCUT2D eigenvalue weighted by Gasteiger charge is -2.18. The zero-order valence-corrected chi connectivity index (χ0v) is 22.8. The summed E-state index contributed by atoms with van der Waals surface area (Å²) in [6.07, 6.45) is 31.7. The van der Waals surface area contributed by atoms with E-state index in [-0.39, 0.29) is 0 Å². The molecule has 0 aliphatic heterocycles. The lowest BCUT2D eigenvalue weighted by atomic mass is 10.1. The molecule has 0 aromatic heterocycles. The van der Waals surface area contributed by atoms with Crippen LogP contribution in [-0.2, 0) is 9.47 Å². The number of unbranched alkanes of at least 4 members (excludes halogenated alkanes) is 19. The molecule has 0 bridgehead atoms. The van der Waals surface area contributed by atoms with Crippen LogP contribution in [0, 0.1) is 0 Å². The summed E-state index contributed by atoms with van der Waals surface area (Å²) in [7, 11) is 0. The van der Waals surface area contributed by atoms with Gasteiger partial charge in [-0.25, -0.2) is 0 Å². The maximum atomic E-state index is 6.19. The van der Waals surface area contributed by atoms with Gasteiger partial charge < -0.3 is 9.47 Å². The number of ether oxygens (including phenoxy) is 2. The van der Waals surface area contributed by atoms with E-state index in [1.165, 1.54) is 141 Å². The van der Waals surface area contributed by atoms with Gasteiger partial charge in [0.2, 0.25) is 0 Å². The van der Waals surface area contributed by atoms with Crippen molar-refractivity contribution in [1.82, 2.24) is 0 Å². The molecule has 2 nitrogen and oxygen atoms in total. The summed E-state index contributed by atoms with van der Waals surface area (Å²) >= 11 is 0. The van der Waals surface area contributed by atoms with Gasteiger partial charge in [-0.15, -0.1) is 0 Å². The molecule has 0 amide bonds. The topological polar surface area (TPSA) is 18.5 Å². The maximum absolute atomic E-state index is 6.19. The fourth-order valence-electron chi connectivity index (χ4n) is 4.39. The molecule has 0 rings (SSSR count). The molecule has 32 heavy (non-hydrogen) atoms. The molecule has 0 radical (unpaired) electrons. The molecule has 1 atom stereocenters. The normalized spacial score (nSPS) is 12.5. The first-order chi connectivity index (χ1) is 15.8. The number of hydrogen-bond donors (Lipinski definition) is 0. The first-order valence-electron chi connectivity index (χ1n) is 15.0. The second-order valence-electron chi connectivity index (χ2n) is 10.1. The van der Waals surface area contributed by atoms with E-state index in [4.69, 9.17) is 9.47 Å². The summed E-state index contributed by atoms with van der Waals surface area (Å²) in [5, 5.41) is 0. The quantitative estimate of drug-likeness (QED) is 0.109. The molecule has 0 aliphatic rings. The first-order valence-corrected chi connectivity index (χ1v) is 15.0. The van der Waals surface area contributed by atoms with E-state index in [0.29, 0.717) is 6.10 Å². The zero-order valence-electron chi connectivity index (χ0n) is 22.8. The van der Waals surface area contributed by atoms with Gasteiger partial charge in [-0.1, -0.05) is 149 Å². The SMILES string of the molecule is CCCCCCCCCCCCOCC(CCCC)OCCCCCCCCCCCC. The molecule has 2 heteroatoms. The molecule has 0 spiro atoms. The Balaban J connectivity index is 3.49. The van der Waals surface area contributed by atoms with Crippen LogP contribution in [-0.4, -0.2) is 25.9 Å². The van der Waals surface area contributed by atoms with Gasteiger partial charge in [0.05, 0.1) is 12.7 Å². The third-order valence-electron chi connectivity index (χ3n) is 6.68. The second-order valence-corrected chi connectivity index (χ2v) is 10.1. The highest BCUT2D eigenvalue weighted by molar-refractivity contribution is 4.58. The van der Waals surface area contributed by atoms with Gasteiger partial charge >= 0.3 is 0 Å². The second kappa shape index (κ2) is 29.0. The zero-order chi connectivity index (χ0) is 23.4. The molecule has 0 aromatic rings. The predicted octanol–water partition coefficient (Wildman–Crippen LogP) is 10.4. The molecular weight excluding hydrogens is 392 g/mol. The molecule has 0 saturated heterocycles. The van der Waals surface area contributed by atoms with Gasteiger partial charge in [-0.2, -0.15) is 0 Å². The lowest BCUT2D eigenvalue weighted by Crippen LogP contribution is -2.21. The Morgan fingerprint density at radius 2 is 0.781 bits per heavy atom. The van der Waals surface area contributed by atoms with E-state index in [2.05, 4.69) is 20.8 Å². The van der Waals surface area contributed by atoms with Crippen LogP contribution in [0.25, 0.3) is 0 Å². The molecule has 0 aliphatic carbocycles. The molecular formula is C30H62O2. The Morgan fingerprint density at radius 3 is 1.22 bits per heavy atom. The maximum Gasteiger partial charge on any atom is 0.0808 e. The standard InChI is InChI=1S/C30H62O2/c1-4-7-10-12-14-16-18-20-22-24-27-31-29-30(26-9-6-3)32-28-25-23-21-19-17-15-13-11-8-5-2/h30H,4-29H2,1-3H3. The largest absolute Gasteiger partial charge is 0.379 e. The molecule has 1 unspecified atom stereocenters.